The van der Waals surface area contributed by atoms with Crippen LogP contribution in [0.2, 0.25) is 0 Å². The zero-order chi connectivity index (χ0) is 11.4. The molecule has 1 rings (SSSR count). The van der Waals surface area contributed by atoms with E-state index < -0.39 is 0 Å². The van der Waals surface area contributed by atoms with E-state index in [1.54, 1.807) is 0 Å². The number of likely N-dealkylation sites (tertiary alicyclic amines) is 1. The smallest absolute Gasteiger partial charge is 0.0128 e. The van der Waals surface area contributed by atoms with Crippen molar-refractivity contribution in [1.29, 1.82) is 0 Å². The molecule has 1 aliphatic rings. The normalized spacial score (nSPS) is 28.5. The molecule has 0 amide bonds. The zero-order valence-electron chi connectivity index (χ0n) is 11.2. The van der Waals surface area contributed by atoms with Crippen LogP contribution in [-0.4, -0.2) is 23.0 Å². The molecule has 0 aromatic carbocycles. The lowest BCUT2D eigenvalue weighted by molar-refractivity contribution is 0.116. The van der Waals surface area contributed by atoms with Gasteiger partial charge in [0.05, 0.1) is 0 Å². The Morgan fingerprint density at radius 2 is 1.71 bits per heavy atom. The van der Waals surface area contributed by atoms with Crippen LogP contribution in [0.25, 0.3) is 0 Å². The van der Waals surface area contributed by atoms with Gasteiger partial charge in [0.2, 0.25) is 0 Å². The Hall–Kier alpha value is -0.0400. The first-order chi connectivity index (χ1) is 6.45. The zero-order valence-corrected chi connectivity index (χ0v) is 11.2. The van der Waals surface area contributed by atoms with Crippen molar-refractivity contribution in [2.75, 3.05) is 6.54 Å². The van der Waals surface area contributed by atoms with Crippen molar-refractivity contribution in [3.63, 3.8) is 0 Å². The molecule has 1 nitrogen and oxygen atoms in total. The molecule has 0 bridgehead atoms. The SMILES string of the molecule is CC.CCC1CC(C)CN1C(C)(C)C. The van der Waals surface area contributed by atoms with Crippen molar-refractivity contribution in [1.82, 2.24) is 4.90 Å². The highest BCUT2D eigenvalue weighted by Crippen LogP contribution is 2.31. The van der Waals surface area contributed by atoms with Crippen LogP contribution in [0.4, 0.5) is 0 Å². The molecule has 1 aliphatic heterocycles. The second-order valence-electron chi connectivity index (χ2n) is 5.23. The predicted molar refractivity (Wildman–Crippen MR) is 65.7 cm³/mol. The van der Waals surface area contributed by atoms with Crippen molar-refractivity contribution in [2.45, 2.75) is 72.9 Å². The number of hydrogen-bond donors (Lipinski definition) is 0. The number of nitrogens with zero attached hydrogens (tertiary/aromatic N) is 1. The van der Waals surface area contributed by atoms with E-state index in [9.17, 15) is 0 Å². The van der Waals surface area contributed by atoms with Crippen molar-refractivity contribution in [3.05, 3.63) is 0 Å². The fourth-order valence-electron chi connectivity index (χ4n) is 2.36. The monoisotopic (exact) mass is 199 g/mol. The van der Waals surface area contributed by atoms with E-state index >= 15 is 0 Å². The fraction of sp³-hybridized carbons (Fsp3) is 1.00. The van der Waals surface area contributed by atoms with Crippen LogP contribution >= 0.6 is 0 Å². The highest BCUT2D eigenvalue weighted by molar-refractivity contribution is 4.89. The van der Waals surface area contributed by atoms with Gasteiger partial charge in [0.1, 0.15) is 0 Å². The standard InChI is InChI=1S/C11H23N.C2H6/c1-6-10-7-9(2)8-12(10)11(3,4)5;1-2/h9-10H,6-8H2,1-5H3;1-2H3. The van der Waals surface area contributed by atoms with Crippen LogP contribution < -0.4 is 0 Å². The summed E-state index contributed by atoms with van der Waals surface area (Å²) in [5, 5.41) is 0. The van der Waals surface area contributed by atoms with Crippen molar-refractivity contribution in [2.24, 2.45) is 5.92 Å². The Kier molecular flexibility index (Phi) is 5.73. The summed E-state index contributed by atoms with van der Waals surface area (Å²) in [4.78, 5) is 2.66. The van der Waals surface area contributed by atoms with Crippen LogP contribution in [0.3, 0.4) is 0 Å². The minimum Gasteiger partial charge on any atom is -0.295 e. The summed E-state index contributed by atoms with van der Waals surface area (Å²) in [6.45, 7) is 17.0. The van der Waals surface area contributed by atoms with E-state index in [4.69, 9.17) is 0 Å². The van der Waals surface area contributed by atoms with Gasteiger partial charge in [0, 0.05) is 18.1 Å². The van der Waals surface area contributed by atoms with Crippen molar-refractivity contribution in [3.8, 4) is 0 Å². The molecule has 1 heteroatoms. The first-order valence-corrected chi connectivity index (χ1v) is 6.22. The summed E-state index contributed by atoms with van der Waals surface area (Å²) < 4.78 is 0. The van der Waals surface area contributed by atoms with Crippen LogP contribution in [0.1, 0.15) is 61.3 Å². The summed E-state index contributed by atoms with van der Waals surface area (Å²) in [5.74, 6) is 0.897. The largest absolute Gasteiger partial charge is 0.295 e. The van der Waals surface area contributed by atoms with Gasteiger partial charge in [-0.15, -0.1) is 0 Å². The van der Waals surface area contributed by atoms with Gasteiger partial charge in [-0.05, 0) is 39.5 Å². The Bertz CT molecular complexity index is 146. The Morgan fingerprint density at radius 1 is 1.21 bits per heavy atom. The van der Waals surface area contributed by atoms with Crippen LogP contribution in [-0.2, 0) is 0 Å². The number of hydrogen-bond acceptors (Lipinski definition) is 1. The summed E-state index contributed by atoms with van der Waals surface area (Å²) >= 11 is 0. The summed E-state index contributed by atoms with van der Waals surface area (Å²) in [5.41, 5.74) is 0.367. The van der Waals surface area contributed by atoms with Gasteiger partial charge in [0.25, 0.3) is 0 Å². The number of rotatable bonds is 1. The molecule has 2 atom stereocenters. The van der Waals surface area contributed by atoms with Crippen LogP contribution in [0, 0.1) is 5.92 Å². The lowest BCUT2D eigenvalue weighted by Gasteiger charge is -2.36. The molecule has 86 valence electrons. The maximum atomic E-state index is 2.66. The Balaban J connectivity index is 0.000000791. The third-order valence-electron chi connectivity index (χ3n) is 2.96. The summed E-state index contributed by atoms with van der Waals surface area (Å²) in [6, 6.07) is 0.833. The first kappa shape index (κ1) is 14.0. The highest BCUT2D eigenvalue weighted by Gasteiger charge is 2.34. The Morgan fingerprint density at radius 3 is 2.00 bits per heavy atom. The molecule has 1 fully saturated rings. The van der Waals surface area contributed by atoms with Crippen LogP contribution in [0.5, 0.6) is 0 Å². The molecule has 0 aromatic rings. The molecule has 1 heterocycles. The van der Waals surface area contributed by atoms with E-state index in [2.05, 4.69) is 39.5 Å². The van der Waals surface area contributed by atoms with E-state index in [-0.39, 0.29) is 0 Å². The molecule has 1 saturated heterocycles. The topological polar surface area (TPSA) is 3.24 Å². The van der Waals surface area contributed by atoms with Crippen molar-refractivity contribution < 1.29 is 0 Å². The van der Waals surface area contributed by atoms with E-state index in [1.807, 2.05) is 13.8 Å². The highest BCUT2D eigenvalue weighted by atomic mass is 15.2. The van der Waals surface area contributed by atoms with Gasteiger partial charge in [-0.2, -0.15) is 0 Å². The second-order valence-corrected chi connectivity index (χ2v) is 5.23. The van der Waals surface area contributed by atoms with E-state index in [0.29, 0.717) is 5.54 Å². The maximum absolute atomic E-state index is 2.66. The van der Waals surface area contributed by atoms with Gasteiger partial charge in [-0.25, -0.2) is 0 Å². The summed E-state index contributed by atoms with van der Waals surface area (Å²) in [7, 11) is 0. The minimum absolute atomic E-state index is 0.367. The molecule has 2 unspecified atom stereocenters. The quantitative estimate of drug-likeness (QED) is 0.618. The molecule has 0 saturated carbocycles. The lowest BCUT2D eigenvalue weighted by Crippen LogP contribution is -2.44. The third kappa shape index (κ3) is 3.61. The van der Waals surface area contributed by atoms with Gasteiger partial charge in [0.15, 0.2) is 0 Å². The molecule has 14 heavy (non-hydrogen) atoms. The molecule has 0 radical (unpaired) electrons. The lowest BCUT2D eigenvalue weighted by atomic mass is 10.0. The molecule has 0 N–H and O–H groups in total. The molecular formula is C13H29N. The first-order valence-electron chi connectivity index (χ1n) is 6.22. The molecule has 0 spiro atoms. The molecule has 0 aromatic heterocycles. The summed E-state index contributed by atoms with van der Waals surface area (Å²) in [6.07, 6.45) is 2.70. The fourth-order valence-corrected chi connectivity index (χ4v) is 2.36. The van der Waals surface area contributed by atoms with Crippen LogP contribution in [0.15, 0.2) is 0 Å². The van der Waals surface area contributed by atoms with Crippen molar-refractivity contribution >= 4 is 0 Å². The minimum atomic E-state index is 0.367. The van der Waals surface area contributed by atoms with Gasteiger partial charge in [-0.3, -0.25) is 4.90 Å². The van der Waals surface area contributed by atoms with E-state index in [0.717, 1.165) is 12.0 Å². The van der Waals surface area contributed by atoms with Gasteiger partial charge >= 0.3 is 0 Å². The third-order valence-corrected chi connectivity index (χ3v) is 2.96. The van der Waals surface area contributed by atoms with Gasteiger partial charge < -0.3 is 0 Å². The Labute approximate surface area is 90.9 Å². The predicted octanol–water partition coefficient (Wildman–Crippen LogP) is 3.93. The average Bonchev–Trinajstić information content (AvgIpc) is 2.49. The van der Waals surface area contributed by atoms with Gasteiger partial charge in [-0.1, -0.05) is 27.7 Å². The molecule has 0 aliphatic carbocycles. The maximum Gasteiger partial charge on any atom is 0.0128 e. The molecular weight excluding hydrogens is 170 g/mol. The second kappa shape index (κ2) is 5.75. The van der Waals surface area contributed by atoms with E-state index in [1.165, 1.54) is 19.4 Å². The average molecular weight is 199 g/mol.